The van der Waals surface area contributed by atoms with Crippen LogP contribution >= 0.6 is 11.8 Å². The molecule has 0 atom stereocenters. The van der Waals surface area contributed by atoms with Crippen LogP contribution in [-0.2, 0) is 5.75 Å². The summed E-state index contributed by atoms with van der Waals surface area (Å²) in [5, 5.41) is 10.3. The number of hydrogen-bond acceptors (Lipinski definition) is 6. The van der Waals surface area contributed by atoms with Gasteiger partial charge in [0.05, 0.1) is 13.2 Å². The maximum absolute atomic E-state index is 12.7. The van der Waals surface area contributed by atoms with E-state index in [-0.39, 0.29) is 5.91 Å². The molecule has 0 saturated heterocycles. The van der Waals surface area contributed by atoms with Crippen molar-refractivity contribution in [3.05, 3.63) is 59.9 Å². The highest BCUT2D eigenvalue weighted by Gasteiger charge is 2.11. The standard InChI is InChI=1S/C20H22N4O3S/c1-3-26-17-9-8-16(11-18(17)27-4-2)23-19(25)15-7-5-6-14(10-15)12-28-20-21-13-22-24-20/h5-11,13H,3-4,12H2,1-2H3,(H,23,25)(H,21,22,24). The number of benzene rings is 2. The summed E-state index contributed by atoms with van der Waals surface area (Å²) in [5.74, 6) is 1.78. The Bertz CT molecular complexity index is 916. The number of carbonyl (C=O) groups is 1. The third-order valence-corrected chi connectivity index (χ3v) is 4.71. The molecule has 0 aliphatic heterocycles. The fraction of sp³-hybridized carbons (Fsp3) is 0.250. The molecule has 8 heteroatoms. The van der Waals surface area contributed by atoms with Crippen LogP contribution in [0.15, 0.2) is 53.9 Å². The highest BCUT2D eigenvalue weighted by atomic mass is 32.2. The molecule has 0 spiro atoms. The van der Waals surface area contributed by atoms with Crippen LogP contribution in [0.4, 0.5) is 5.69 Å². The zero-order chi connectivity index (χ0) is 19.8. The number of nitrogens with one attached hydrogen (secondary N) is 2. The van der Waals surface area contributed by atoms with E-state index in [1.165, 1.54) is 18.1 Å². The lowest BCUT2D eigenvalue weighted by atomic mass is 10.1. The molecule has 28 heavy (non-hydrogen) atoms. The van der Waals surface area contributed by atoms with Crippen molar-refractivity contribution < 1.29 is 14.3 Å². The fourth-order valence-corrected chi connectivity index (χ4v) is 3.27. The first-order chi connectivity index (χ1) is 13.7. The first-order valence-corrected chi connectivity index (χ1v) is 9.96. The van der Waals surface area contributed by atoms with E-state index in [0.29, 0.717) is 41.7 Å². The minimum Gasteiger partial charge on any atom is -0.490 e. The Labute approximate surface area is 167 Å². The molecule has 1 heterocycles. The molecule has 0 fully saturated rings. The van der Waals surface area contributed by atoms with Crippen LogP contribution in [0.1, 0.15) is 29.8 Å². The van der Waals surface area contributed by atoms with E-state index >= 15 is 0 Å². The van der Waals surface area contributed by atoms with Gasteiger partial charge in [-0.1, -0.05) is 23.9 Å². The Kier molecular flexibility index (Phi) is 6.91. The van der Waals surface area contributed by atoms with Crippen LogP contribution in [0.5, 0.6) is 11.5 Å². The van der Waals surface area contributed by atoms with Crippen LogP contribution in [0.2, 0.25) is 0 Å². The minimum absolute atomic E-state index is 0.182. The SMILES string of the molecule is CCOc1ccc(NC(=O)c2cccc(CSc3ncn[nH]3)c2)cc1OCC. The number of H-pyrrole nitrogens is 1. The summed E-state index contributed by atoms with van der Waals surface area (Å²) >= 11 is 1.53. The zero-order valence-electron chi connectivity index (χ0n) is 15.8. The molecule has 3 rings (SSSR count). The summed E-state index contributed by atoms with van der Waals surface area (Å²) in [5.41, 5.74) is 2.26. The summed E-state index contributed by atoms with van der Waals surface area (Å²) in [7, 11) is 0. The Balaban J connectivity index is 1.68. The number of amides is 1. The van der Waals surface area contributed by atoms with E-state index in [9.17, 15) is 4.79 Å². The van der Waals surface area contributed by atoms with Crippen LogP contribution in [0.25, 0.3) is 0 Å². The summed E-state index contributed by atoms with van der Waals surface area (Å²) < 4.78 is 11.2. The van der Waals surface area contributed by atoms with Crippen LogP contribution in [-0.4, -0.2) is 34.3 Å². The molecular formula is C20H22N4O3S. The molecule has 0 radical (unpaired) electrons. The number of thioether (sulfide) groups is 1. The van der Waals surface area contributed by atoms with Crippen LogP contribution in [0, 0.1) is 0 Å². The van der Waals surface area contributed by atoms with E-state index in [1.54, 1.807) is 24.3 Å². The maximum Gasteiger partial charge on any atom is 0.255 e. The molecule has 0 bridgehead atoms. The van der Waals surface area contributed by atoms with Crippen molar-refractivity contribution in [3.8, 4) is 11.5 Å². The lowest BCUT2D eigenvalue weighted by molar-refractivity contribution is 0.102. The van der Waals surface area contributed by atoms with Crippen molar-refractivity contribution in [3.63, 3.8) is 0 Å². The molecule has 0 saturated carbocycles. The molecule has 1 aromatic heterocycles. The van der Waals surface area contributed by atoms with Gasteiger partial charge in [-0.2, -0.15) is 5.10 Å². The summed E-state index contributed by atoms with van der Waals surface area (Å²) in [6.45, 7) is 4.88. The Morgan fingerprint density at radius 2 is 1.93 bits per heavy atom. The predicted molar refractivity (Wildman–Crippen MR) is 109 cm³/mol. The third-order valence-electron chi connectivity index (χ3n) is 3.76. The topological polar surface area (TPSA) is 89.1 Å². The van der Waals surface area contributed by atoms with E-state index in [2.05, 4.69) is 20.5 Å². The number of rotatable bonds is 9. The van der Waals surface area contributed by atoms with Crippen LogP contribution in [0.3, 0.4) is 0 Å². The van der Waals surface area contributed by atoms with Crippen molar-refractivity contribution in [2.45, 2.75) is 24.8 Å². The molecule has 2 N–H and O–H groups in total. The first-order valence-electron chi connectivity index (χ1n) is 8.97. The average molecular weight is 398 g/mol. The molecule has 3 aromatic rings. The minimum atomic E-state index is -0.182. The smallest absolute Gasteiger partial charge is 0.255 e. The number of anilines is 1. The predicted octanol–water partition coefficient (Wildman–Crippen LogP) is 4.15. The van der Waals surface area contributed by atoms with E-state index in [4.69, 9.17) is 9.47 Å². The number of hydrogen-bond donors (Lipinski definition) is 2. The second-order valence-corrected chi connectivity index (χ2v) is 6.73. The van der Waals surface area contributed by atoms with Gasteiger partial charge >= 0.3 is 0 Å². The number of nitrogens with zero attached hydrogens (tertiary/aromatic N) is 2. The average Bonchev–Trinajstić information content (AvgIpc) is 3.23. The maximum atomic E-state index is 12.7. The number of aromatic amines is 1. The number of aromatic nitrogens is 3. The van der Waals surface area contributed by atoms with E-state index < -0.39 is 0 Å². The van der Waals surface area contributed by atoms with Crippen molar-refractivity contribution in [1.29, 1.82) is 0 Å². The quantitative estimate of drug-likeness (QED) is 0.527. The Morgan fingerprint density at radius 3 is 2.68 bits per heavy atom. The highest BCUT2D eigenvalue weighted by molar-refractivity contribution is 7.98. The van der Waals surface area contributed by atoms with Gasteiger partial charge in [0.15, 0.2) is 16.7 Å². The molecular weight excluding hydrogens is 376 g/mol. The van der Waals surface area contributed by atoms with Gasteiger partial charge in [-0.3, -0.25) is 9.89 Å². The fourth-order valence-electron chi connectivity index (χ4n) is 2.55. The van der Waals surface area contributed by atoms with Crippen LogP contribution < -0.4 is 14.8 Å². The lowest BCUT2D eigenvalue weighted by Gasteiger charge is -2.13. The molecule has 0 aliphatic carbocycles. The highest BCUT2D eigenvalue weighted by Crippen LogP contribution is 2.31. The van der Waals surface area contributed by atoms with Crippen molar-refractivity contribution in [2.75, 3.05) is 18.5 Å². The first kappa shape index (κ1) is 19.8. The molecule has 146 valence electrons. The van der Waals surface area contributed by atoms with Gasteiger partial charge in [-0.25, -0.2) is 4.98 Å². The van der Waals surface area contributed by atoms with Crippen molar-refractivity contribution in [2.24, 2.45) is 0 Å². The van der Waals surface area contributed by atoms with E-state index in [1.807, 2.05) is 32.0 Å². The van der Waals surface area contributed by atoms with Gasteiger partial charge < -0.3 is 14.8 Å². The van der Waals surface area contributed by atoms with Crippen molar-refractivity contribution in [1.82, 2.24) is 15.2 Å². The van der Waals surface area contributed by atoms with Gasteiger partial charge in [0.25, 0.3) is 5.91 Å². The zero-order valence-corrected chi connectivity index (χ0v) is 16.6. The van der Waals surface area contributed by atoms with Gasteiger partial charge in [0, 0.05) is 23.1 Å². The molecule has 0 unspecified atom stereocenters. The second kappa shape index (κ2) is 9.80. The van der Waals surface area contributed by atoms with Gasteiger partial charge in [0.1, 0.15) is 6.33 Å². The number of ether oxygens (including phenoxy) is 2. The largest absolute Gasteiger partial charge is 0.490 e. The molecule has 1 amide bonds. The van der Waals surface area contributed by atoms with Gasteiger partial charge in [-0.15, -0.1) is 0 Å². The van der Waals surface area contributed by atoms with Crippen molar-refractivity contribution >= 4 is 23.4 Å². The monoisotopic (exact) mass is 398 g/mol. The number of carbonyl (C=O) groups excluding carboxylic acids is 1. The molecule has 7 nitrogen and oxygen atoms in total. The molecule has 2 aromatic carbocycles. The lowest BCUT2D eigenvalue weighted by Crippen LogP contribution is -2.12. The van der Waals surface area contributed by atoms with E-state index in [0.717, 1.165) is 10.7 Å². The second-order valence-electron chi connectivity index (χ2n) is 5.76. The Hall–Kier alpha value is -3.00. The van der Waals surface area contributed by atoms with Gasteiger partial charge in [-0.05, 0) is 43.7 Å². The summed E-state index contributed by atoms with van der Waals surface area (Å²) in [6.07, 6.45) is 1.47. The normalized spacial score (nSPS) is 10.5. The summed E-state index contributed by atoms with van der Waals surface area (Å²) in [6, 6.07) is 12.9. The Morgan fingerprint density at radius 1 is 1.11 bits per heavy atom. The van der Waals surface area contributed by atoms with Gasteiger partial charge in [0.2, 0.25) is 0 Å². The summed E-state index contributed by atoms with van der Waals surface area (Å²) in [4.78, 5) is 16.7. The third kappa shape index (κ3) is 5.26. The molecule has 0 aliphatic rings.